The minimum Gasteiger partial charge on any atom is -0.292 e. The fourth-order valence-corrected chi connectivity index (χ4v) is 2.29. The average molecular weight is 245 g/mol. The molecule has 0 aliphatic carbocycles. The lowest BCUT2D eigenvalue weighted by molar-refractivity contribution is 0.0976. The van der Waals surface area contributed by atoms with Crippen molar-refractivity contribution in [1.82, 2.24) is 0 Å². The van der Waals surface area contributed by atoms with Crippen molar-refractivity contribution in [2.45, 2.75) is 5.92 Å². The fraction of sp³-hybridized carbons (Fsp3) is 0.0769. The summed E-state index contributed by atoms with van der Waals surface area (Å²) in [5.74, 6) is -2.01. The van der Waals surface area contributed by atoms with Gasteiger partial charge in [-0.15, -0.1) is 11.3 Å². The van der Waals surface area contributed by atoms with Crippen molar-refractivity contribution >= 4 is 17.1 Å². The van der Waals surface area contributed by atoms with Crippen LogP contribution in [0.25, 0.3) is 0 Å². The minimum atomic E-state index is -0.924. The number of Topliss-reactive ketones (excluding diaryl/α,β-unsaturated/α-hetero) is 1. The minimum absolute atomic E-state index is 0.0348. The summed E-state index contributed by atoms with van der Waals surface area (Å²) in [5.41, 5.74) is -0.0348. The van der Waals surface area contributed by atoms with E-state index in [1.807, 2.05) is 6.07 Å². The molecule has 1 aromatic heterocycles. The van der Waals surface area contributed by atoms with Crippen LogP contribution in [-0.2, 0) is 0 Å². The second-order valence-electron chi connectivity index (χ2n) is 3.42. The number of benzene rings is 1. The molecule has 1 aromatic carbocycles. The molecule has 2 nitrogen and oxygen atoms in total. The van der Waals surface area contributed by atoms with Crippen molar-refractivity contribution in [2.24, 2.45) is 0 Å². The van der Waals surface area contributed by atoms with Gasteiger partial charge in [0.25, 0.3) is 0 Å². The van der Waals surface area contributed by atoms with Crippen LogP contribution in [0.3, 0.4) is 0 Å². The second-order valence-corrected chi connectivity index (χ2v) is 4.40. The lowest BCUT2D eigenvalue weighted by Crippen LogP contribution is -2.11. The number of hydrogen-bond acceptors (Lipinski definition) is 3. The van der Waals surface area contributed by atoms with Gasteiger partial charge in [0.2, 0.25) is 0 Å². The third-order valence-electron chi connectivity index (χ3n) is 2.36. The molecular formula is C13H8FNOS. The zero-order valence-corrected chi connectivity index (χ0v) is 9.58. The van der Waals surface area contributed by atoms with Crippen LogP contribution in [0.5, 0.6) is 0 Å². The van der Waals surface area contributed by atoms with Crippen LogP contribution in [0.1, 0.15) is 21.2 Å². The third-order valence-corrected chi connectivity index (χ3v) is 3.30. The molecular weight excluding hydrogens is 237 g/mol. The first-order valence-electron chi connectivity index (χ1n) is 4.96. The summed E-state index contributed by atoms with van der Waals surface area (Å²) in [6.07, 6.45) is 0. The number of rotatable bonds is 3. The summed E-state index contributed by atoms with van der Waals surface area (Å²) in [6, 6.07) is 11.1. The highest BCUT2D eigenvalue weighted by atomic mass is 32.1. The highest BCUT2D eigenvalue weighted by Crippen LogP contribution is 2.25. The zero-order valence-electron chi connectivity index (χ0n) is 8.76. The smallest absolute Gasteiger partial charge is 0.188 e. The van der Waals surface area contributed by atoms with Gasteiger partial charge in [0.05, 0.1) is 11.6 Å². The molecule has 1 unspecified atom stereocenters. The first-order valence-corrected chi connectivity index (χ1v) is 5.83. The Morgan fingerprint density at radius 3 is 2.65 bits per heavy atom. The van der Waals surface area contributed by atoms with Crippen molar-refractivity contribution in [3.8, 4) is 6.07 Å². The molecule has 0 fully saturated rings. The molecule has 4 heteroatoms. The second kappa shape index (κ2) is 4.89. The maximum absolute atomic E-state index is 13.5. The highest BCUT2D eigenvalue weighted by Gasteiger charge is 2.24. The Kier molecular flexibility index (Phi) is 3.31. The van der Waals surface area contributed by atoms with Crippen molar-refractivity contribution in [3.63, 3.8) is 0 Å². The van der Waals surface area contributed by atoms with Crippen molar-refractivity contribution in [3.05, 3.63) is 58.0 Å². The van der Waals surface area contributed by atoms with Crippen LogP contribution >= 0.6 is 11.3 Å². The maximum Gasteiger partial charge on any atom is 0.188 e. The summed E-state index contributed by atoms with van der Waals surface area (Å²) in [5, 5.41) is 10.8. The van der Waals surface area contributed by atoms with Gasteiger partial charge in [-0.05, 0) is 23.6 Å². The zero-order chi connectivity index (χ0) is 12.3. The molecule has 0 N–H and O–H groups in total. The molecule has 0 saturated carbocycles. The Morgan fingerprint density at radius 2 is 2.06 bits per heavy atom. The van der Waals surface area contributed by atoms with Crippen LogP contribution in [-0.4, -0.2) is 5.78 Å². The van der Waals surface area contributed by atoms with E-state index >= 15 is 0 Å². The van der Waals surface area contributed by atoms with E-state index < -0.39 is 17.5 Å². The number of hydrogen-bond donors (Lipinski definition) is 0. The summed E-state index contributed by atoms with van der Waals surface area (Å²) in [6.45, 7) is 0. The van der Waals surface area contributed by atoms with Crippen molar-refractivity contribution in [2.75, 3.05) is 0 Å². The predicted molar refractivity (Wildman–Crippen MR) is 63.4 cm³/mol. The van der Waals surface area contributed by atoms with Gasteiger partial charge in [0.1, 0.15) is 11.7 Å². The maximum atomic E-state index is 13.5. The third kappa shape index (κ3) is 2.24. The molecule has 0 aliphatic rings. The number of carbonyl (C=O) groups excluding carboxylic acids is 1. The van der Waals surface area contributed by atoms with E-state index in [-0.39, 0.29) is 5.56 Å². The SMILES string of the molecule is N#CC(C(=O)c1ccccc1F)c1cccs1. The summed E-state index contributed by atoms with van der Waals surface area (Å²) >= 11 is 1.32. The Morgan fingerprint density at radius 1 is 1.29 bits per heavy atom. The quantitative estimate of drug-likeness (QED) is 0.778. The van der Waals surface area contributed by atoms with E-state index in [9.17, 15) is 9.18 Å². The number of halogens is 1. The Bertz CT molecular complexity index is 571. The summed E-state index contributed by atoms with van der Waals surface area (Å²) in [4.78, 5) is 12.7. The number of nitrogens with zero attached hydrogens (tertiary/aromatic N) is 1. The van der Waals surface area contributed by atoms with E-state index in [4.69, 9.17) is 5.26 Å². The van der Waals surface area contributed by atoms with E-state index in [0.29, 0.717) is 4.88 Å². The van der Waals surface area contributed by atoms with Gasteiger partial charge < -0.3 is 0 Å². The largest absolute Gasteiger partial charge is 0.292 e. The van der Waals surface area contributed by atoms with Crippen molar-refractivity contribution < 1.29 is 9.18 Å². The van der Waals surface area contributed by atoms with Crippen LogP contribution in [0.15, 0.2) is 41.8 Å². The Balaban J connectivity index is 2.38. The molecule has 17 heavy (non-hydrogen) atoms. The van der Waals surface area contributed by atoms with Gasteiger partial charge >= 0.3 is 0 Å². The van der Waals surface area contributed by atoms with Gasteiger partial charge in [-0.3, -0.25) is 4.79 Å². The van der Waals surface area contributed by atoms with Gasteiger partial charge in [-0.1, -0.05) is 18.2 Å². The Labute approximate surface area is 102 Å². The van der Waals surface area contributed by atoms with Gasteiger partial charge in [0, 0.05) is 4.88 Å². The number of thiophene rings is 1. The van der Waals surface area contributed by atoms with Crippen LogP contribution < -0.4 is 0 Å². The average Bonchev–Trinajstić information content (AvgIpc) is 2.84. The molecule has 2 rings (SSSR count). The summed E-state index contributed by atoms with van der Waals surface area (Å²) < 4.78 is 13.5. The molecule has 0 aliphatic heterocycles. The fourth-order valence-electron chi connectivity index (χ4n) is 1.52. The normalized spacial score (nSPS) is 11.8. The molecule has 1 heterocycles. The molecule has 2 aromatic rings. The lowest BCUT2D eigenvalue weighted by Gasteiger charge is -2.06. The molecule has 0 spiro atoms. The highest BCUT2D eigenvalue weighted by molar-refractivity contribution is 7.10. The van der Waals surface area contributed by atoms with Gasteiger partial charge in [0.15, 0.2) is 5.78 Å². The van der Waals surface area contributed by atoms with Gasteiger partial charge in [-0.2, -0.15) is 5.26 Å². The number of nitriles is 1. The summed E-state index contributed by atoms with van der Waals surface area (Å²) in [7, 11) is 0. The predicted octanol–water partition coefficient (Wildman–Crippen LogP) is 3.38. The molecule has 0 saturated heterocycles. The molecule has 1 atom stereocenters. The van der Waals surface area contributed by atoms with E-state index in [1.54, 1.807) is 23.6 Å². The van der Waals surface area contributed by atoms with Crippen LogP contribution in [0.2, 0.25) is 0 Å². The first kappa shape index (κ1) is 11.5. The van der Waals surface area contributed by atoms with Crippen LogP contribution in [0.4, 0.5) is 4.39 Å². The van der Waals surface area contributed by atoms with E-state index in [0.717, 1.165) is 0 Å². The molecule has 0 radical (unpaired) electrons. The molecule has 84 valence electrons. The molecule has 0 bridgehead atoms. The monoisotopic (exact) mass is 245 g/mol. The molecule has 0 amide bonds. The van der Waals surface area contributed by atoms with Crippen molar-refractivity contribution in [1.29, 1.82) is 5.26 Å². The first-order chi connectivity index (χ1) is 8.24. The lowest BCUT2D eigenvalue weighted by atomic mass is 9.97. The van der Waals surface area contributed by atoms with E-state index in [1.165, 1.54) is 29.5 Å². The topological polar surface area (TPSA) is 40.9 Å². The number of carbonyl (C=O) groups is 1. The van der Waals surface area contributed by atoms with Crippen LogP contribution in [0, 0.1) is 17.1 Å². The standard InChI is InChI=1S/C13H8FNOS/c14-11-5-2-1-4-9(11)13(16)10(8-15)12-6-3-7-17-12/h1-7,10H. The van der Waals surface area contributed by atoms with Gasteiger partial charge in [-0.25, -0.2) is 4.39 Å². The number of ketones is 1. The van der Waals surface area contributed by atoms with E-state index in [2.05, 4.69) is 0 Å². The Hall–Kier alpha value is -1.99.